The summed E-state index contributed by atoms with van der Waals surface area (Å²) in [5.74, 6) is 5.10. The first-order valence-electron chi connectivity index (χ1n) is 6.37. The number of imidazole rings is 1. The van der Waals surface area contributed by atoms with Gasteiger partial charge in [-0.1, -0.05) is 26.8 Å². The van der Waals surface area contributed by atoms with Gasteiger partial charge >= 0.3 is 0 Å². The smallest absolute Gasteiger partial charge is 0.110 e. The van der Waals surface area contributed by atoms with Gasteiger partial charge in [0.2, 0.25) is 0 Å². The predicted molar refractivity (Wildman–Crippen MR) is 83.5 cm³/mol. The van der Waals surface area contributed by atoms with Crippen molar-refractivity contribution in [2.45, 2.75) is 38.9 Å². The minimum Gasteiger partial charge on any atom is -0.300 e. The Bertz CT molecular complexity index is 718. The maximum absolute atomic E-state index is 11.9. The summed E-state index contributed by atoms with van der Waals surface area (Å²) in [7, 11) is -2.08. The van der Waals surface area contributed by atoms with E-state index in [9.17, 15) is 4.21 Å². The van der Waals surface area contributed by atoms with Crippen molar-refractivity contribution >= 4 is 20.9 Å². The molecule has 1 atom stereocenters. The van der Waals surface area contributed by atoms with Crippen LogP contribution in [-0.4, -0.2) is 25.7 Å². The Balaban J connectivity index is 2.74. The third-order valence-electron chi connectivity index (χ3n) is 3.12. The van der Waals surface area contributed by atoms with Gasteiger partial charge in [-0.2, -0.15) is 0 Å². The second kappa shape index (κ2) is 4.37. The van der Waals surface area contributed by atoms with Crippen LogP contribution in [0.25, 0.3) is 5.52 Å². The molecule has 1 unspecified atom stereocenters. The quantitative estimate of drug-likeness (QED) is 0.792. The highest BCUT2D eigenvalue weighted by atomic mass is 32.2. The molecule has 2 heterocycles. The minimum absolute atomic E-state index is 0.0420. The lowest BCUT2D eigenvalue weighted by Gasteiger charge is -2.21. The zero-order valence-electron chi connectivity index (χ0n) is 12.4. The molecule has 0 fully saturated rings. The normalized spacial score (nSPS) is 15.6. The lowest BCUT2D eigenvalue weighted by Crippen LogP contribution is -2.16. The number of hydrogen-bond donors (Lipinski definition) is 0. The molecule has 0 amide bonds. The molecule has 0 bridgehead atoms. The van der Waals surface area contributed by atoms with Crippen LogP contribution >= 0.6 is 0 Å². The lowest BCUT2D eigenvalue weighted by atomic mass is 9.91. The third-order valence-corrected chi connectivity index (χ3v) is 4.00. The number of hydrogen-bond acceptors (Lipinski definition) is 2. The van der Waals surface area contributed by atoms with Gasteiger partial charge < -0.3 is 4.40 Å². The van der Waals surface area contributed by atoms with E-state index < -0.39 is 9.52 Å². The molecule has 2 aromatic rings. The van der Waals surface area contributed by atoms with E-state index >= 15 is 0 Å². The van der Waals surface area contributed by atoms with Crippen molar-refractivity contribution in [3.8, 4) is 0 Å². The Morgan fingerprint density at radius 3 is 2.53 bits per heavy atom. The lowest BCUT2D eigenvalue weighted by molar-refractivity contribution is 0.558. The molecule has 0 aliphatic rings. The van der Waals surface area contributed by atoms with Crippen molar-refractivity contribution in [3.05, 3.63) is 35.4 Å². The Hall–Kier alpha value is -1.29. The number of pyridine rings is 1. The Labute approximate surface area is 115 Å². The molecule has 2 aromatic heterocycles. The van der Waals surface area contributed by atoms with E-state index in [2.05, 4.69) is 42.1 Å². The maximum atomic E-state index is 11.9. The highest BCUT2D eigenvalue weighted by Crippen LogP contribution is 2.26. The number of aromatic nitrogens is 2. The van der Waals surface area contributed by atoms with Crippen molar-refractivity contribution < 1.29 is 4.21 Å². The van der Waals surface area contributed by atoms with Crippen molar-refractivity contribution in [1.29, 1.82) is 0 Å². The van der Waals surface area contributed by atoms with E-state index in [0.29, 0.717) is 5.75 Å². The maximum Gasteiger partial charge on any atom is 0.110 e. The van der Waals surface area contributed by atoms with Crippen LogP contribution in [0.15, 0.2) is 18.2 Å². The van der Waals surface area contributed by atoms with Gasteiger partial charge in [-0.25, -0.2) is 4.98 Å². The van der Waals surface area contributed by atoms with Crippen LogP contribution in [0.3, 0.4) is 0 Å². The average Bonchev–Trinajstić information content (AvgIpc) is 2.52. The predicted octanol–water partition coefficient (Wildman–Crippen LogP) is 2.79. The average molecular weight is 278 g/mol. The minimum atomic E-state index is -2.08. The topological polar surface area (TPSA) is 34.4 Å². The molecule has 104 valence electrons. The second-order valence-corrected chi connectivity index (χ2v) is 8.97. The molecule has 0 aliphatic heterocycles. The van der Waals surface area contributed by atoms with Crippen LogP contribution in [0.4, 0.5) is 0 Å². The molecule has 0 N–H and O–H groups in total. The van der Waals surface area contributed by atoms with Crippen LogP contribution in [0.1, 0.15) is 38.0 Å². The van der Waals surface area contributed by atoms with E-state index in [0.717, 1.165) is 17.0 Å². The molecule has 19 heavy (non-hydrogen) atoms. The standard InChI is InChI=1S/C15H22N2OS/c1-11-16-12(10-19(5,6)18)13-8-7-9-14(17(11)13)15(2,3)4/h7-9H,5,10H2,1-4,6H3. The van der Waals surface area contributed by atoms with Gasteiger partial charge in [-0.05, 0) is 34.4 Å². The van der Waals surface area contributed by atoms with Gasteiger partial charge in [0, 0.05) is 17.4 Å². The van der Waals surface area contributed by atoms with Crippen molar-refractivity contribution in [2.75, 3.05) is 6.26 Å². The summed E-state index contributed by atoms with van der Waals surface area (Å²) in [4.78, 5) is 4.59. The van der Waals surface area contributed by atoms with Gasteiger partial charge in [-0.3, -0.25) is 4.21 Å². The molecule has 0 aliphatic carbocycles. The summed E-state index contributed by atoms with van der Waals surface area (Å²) in [6.45, 7) is 8.55. The van der Waals surface area contributed by atoms with Gasteiger partial charge in [0.1, 0.15) is 5.82 Å². The summed E-state index contributed by atoms with van der Waals surface area (Å²) in [6.07, 6.45) is 1.68. The zero-order valence-corrected chi connectivity index (χ0v) is 13.2. The Morgan fingerprint density at radius 1 is 1.37 bits per heavy atom. The summed E-state index contributed by atoms with van der Waals surface area (Å²) in [5, 5.41) is 0. The monoisotopic (exact) mass is 278 g/mol. The largest absolute Gasteiger partial charge is 0.300 e. The van der Waals surface area contributed by atoms with Crippen LogP contribution in [0.2, 0.25) is 0 Å². The van der Waals surface area contributed by atoms with Crippen molar-refractivity contribution in [1.82, 2.24) is 9.38 Å². The zero-order chi connectivity index (χ0) is 14.4. The SMILES string of the molecule is C=S(C)(=O)Cc1nc(C)n2c(C(C)(C)C)cccc12. The van der Waals surface area contributed by atoms with E-state index in [1.165, 1.54) is 5.69 Å². The summed E-state index contributed by atoms with van der Waals surface area (Å²) < 4.78 is 14.1. The van der Waals surface area contributed by atoms with E-state index in [1.54, 1.807) is 6.26 Å². The fraction of sp³-hybridized carbons (Fsp3) is 0.467. The molecular weight excluding hydrogens is 256 g/mol. The first-order chi connectivity index (χ1) is 8.59. The van der Waals surface area contributed by atoms with Crippen LogP contribution < -0.4 is 0 Å². The molecule has 0 spiro atoms. The molecule has 0 aromatic carbocycles. The van der Waals surface area contributed by atoms with Crippen molar-refractivity contribution in [2.24, 2.45) is 0 Å². The molecule has 0 saturated carbocycles. The Kier molecular flexibility index (Phi) is 3.25. The number of fused-ring (bicyclic) bond motifs is 1. The molecular formula is C15H22N2OS. The molecule has 2 rings (SSSR count). The first-order valence-corrected chi connectivity index (χ1v) is 8.67. The fourth-order valence-corrected chi connectivity index (χ4v) is 3.16. The highest BCUT2D eigenvalue weighted by Gasteiger charge is 2.20. The summed E-state index contributed by atoms with van der Waals surface area (Å²) >= 11 is 0. The van der Waals surface area contributed by atoms with Gasteiger partial charge in [0.05, 0.1) is 17.0 Å². The summed E-state index contributed by atoms with van der Waals surface area (Å²) in [5.41, 5.74) is 3.18. The number of aryl methyl sites for hydroxylation is 1. The first kappa shape index (κ1) is 14.1. The number of nitrogens with zero attached hydrogens (tertiary/aromatic N) is 2. The fourth-order valence-electron chi connectivity index (χ4n) is 2.37. The van der Waals surface area contributed by atoms with E-state index in [-0.39, 0.29) is 5.41 Å². The second-order valence-electron chi connectivity index (χ2n) is 6.32. The van der Waals surface area contributed by atoms with Gasteiger partial charge in [0.15, 0.2) is 0 Å². The third kappa shape index (κ3) is 2.84. The van der Waals surface area contributed by atoms with Crippen molar-refractivity contribution in [3.63, 3.8) is 0 Å². The van der Waals surface area contributed by atoms with Gasteiger partial charge in [-0.15, -0.1) is 0 Å². The highest BCUT2D eigenvalue weighted by molar-refractivity contribution is 7.98. The molecule has 3 nitrogen and oxygen atoms in total. The van der Waals surface area contributed by atoms with Crippen LogP contribution in [0.5, 0.6) is 0 Å². The molecule has 0 radical (unpaired) electrons. The molecule has 0 saturated heterocycles. The van der Waals surface area contributed by atoms with Crippen LogP contribution in [-0.2, 0) is 20.7 Å². The van der Waals surface area contributed by atoms with Gasteiger partial charge in [0.25, 0.3) is 0 Å². The van der Waals surface area contributed by atoms with E-state index in [4.69, 9.17) is 0 Å². The Morgan fingerprint density at radius 2 is 2.00 bits per heavy atom. The van der Waals surface area contributed by atoms with E-state index in [1.807, 2.05) is 19.1 Å². The van der Waals surface area contributed by atoms with Crippen LogP contribution in [0, 0.1) is 6.92 Å². The summed E-state index contributed by atoms with van der Waals surface area (Å²) in [6, 6.07) is 6.20. The molecule has 4 heteroatoms. The number of rotatable bonds is 2.